The topological polar surface area (TPSA) is 57.2 Å². The molecular weight excluding hydrogens is 439 g/mol. The summed E-state index contributed by atoms with van der Waals surface area (Å²) >= 11 is 0. The Morgan fingerprint density at radius 1 is 0.576 bits per heavy atom. The van der Waals surface area contributed by atoms with Crippen LogP contribution in [0.4, 0.5) is 0 Å². The molecule has 0 aliphatic rings. The Hall–Kier alpha value is -2.73. The fourth-order valence-corrected chi connectivity index (χ4v) is 4.45. The van der Waals surface area contributed by atoms with Crippen LogP contribution in [0.25, 0.3) is 35.4 Å². The predicted molar refractivity (Wildman–Crippen MR) is 131 cm³/mol. The van der Waals surface area contributed by atoms with Crippen molar-refractivity contribution >= 4 is 34.4 Å². The van der Waals surface area contributed by atoms with E-state index >= 15 is 0 Å². The minimum atomic E-state index is -4.76. The Labute approximate surface area is 217 Å². The van der Waals surface area contributed by atoms with Crippen molar-refractivity contribution in [2.24, 2.45) is 0 Å². The van der Waals surface area contributed by atoms with Gasteiger partial charge in [-0.05, 0) is 33.4 Å². The Morgan fingerprint density at radius 3 is 1.58 bits per heavy atom. The van der Waals surface area contributed by atoms with E-state index in [0.29, 0.717) is 22.3 Å². The van der Waals surface area contributed by atoms with E-state index in [1.54, 1.807) is 24.3 Å². The van der Waals surface area contributed by atoms with E-state index in [1.165, 1.54) is 0 Å². The Bertz CT molecular complexity index is 1360. The molecule has 3 nitrogen and oxygen atoms in total. The SMILES string of the molecule is O=S(=O)([O-])c1c(-c2ccccc2)ccc(C=Cc2ccccc2)c1C=Cc1ccccc1.[Na+]. The summed E-state index contributed by atoms with van der Waals surface area (Å²) in [4.78, 5) is -0.217. The second-order valence-corrected chi connectivity index (χ2v) is 8.57. The predicted octanol–water partition coefficient (Wildman–Crippen LogP) is 3.60. The van der Waals surface area contributed by atoms with Crippen molar-refractivity contribution < 1.29 is 42.5 Å². The van der Waals surface area contributed by atoms with Gasteiger partial charge in [0.1, 0.15) is 10.1 Å². The summed E-state index contributed by atoms with van der Waals surface area (Å²) in [5.74, 6) is 0. The molecule has 0 spiro atoms. The van der Waals surface area contributed by atoms with Crippen LogP contribution >= 0.6 is 0 Å². The molecule has 4 rings (SSSR count). The fraction of sp³-hybridized carbons (Fsp3) is 0. The number of rotatable bonds is 6. The number of benzene rings is 4. The summed E-state index contributed by atoms with van der Waals surface area (Å²) < 4.78 is 37.4. The van der Waals surface area contributed by atoms with E-state index in [2.05, 4.69) is 0 Å². The molecule has 0 radical (unpaired) electrons. The van der Waals surface area contributed by atoms with Gasteiger partial charge in [0.05, 0.1) is 4.90 Å². The molecule has 0 N–H and O–H groups in total. The van der Waals surface area contributed by atoms with Gasteiger partial charge in [-0.2, -0.15) is 0 Å². The third-order valence-electron chi connectivity index (χ3n) is 5.06. The van der Waals surface area contributed by atoms with E-state index in [-0.39, 0.29) is 34.5 Å². The third kappa shape index (κ3) is 6.41. The molecule has 33 heavy (non-hydrogen) atoms. The van der Waals surface area contributed by atoms with E-state index in [1.807, 2.05) is 103 Å². The molecule has 5 heteroatoms. The molecule has 0 saturated carbocycles. The van der Waals surface area contributed by atoms with Gasteiger partial charge in [-0.15, -0.1) is 0 Å². The summed E-state index contributed by atoms with van der Waals surface area (Å²) in [5, 5.41) is 0. The van der Waals surface area contributed by atoms with Crippen LogP contribution in [0.15, 0.2) is 108 Å². The normalized spacial score (nSPS) is 11.5. The van der Waals surface area contributed by atoms with Gasteiger partial charge in [0, 0.05) is 0 Å². The van der Waals surface area contributed by atoms with E-state index < -0.39 is 10.1 Å². The second kappa shape index (κ2) is 11.4. The first-order valence-electron chi connectivity index (χ1n) is 10.2. The maximum atomic E-state index is 12.5. The summed E-state index contributed by atoms with van der Waals surface area (Å²) in [6.45, 7) is 0. The zero-order valence-corrected chi connectivity index (χ0v) is 21.1. The van der Waals surface area contributed by atoms with Gasteiger partial charge in [0.15, 0.2) is 0 Å². The first kappa shape index (κ1) is 24.9. The smallest absolute Gasteiger partial charge is 0.744 e. The zero-order chi connectivity index (χ0) is 22.4. The van der Waals surface area contributed by atoms with Crippen LogP contribution in [0.3, 0.4) is 0 Å². The van der Waals surface area contributed by atoms with Crippen molar-refractivity contribution in [2.45, 2.75) is 4.90 Å². The molecule has 4 aromatic rings. The van der Waals surface area contributed by atoms with Crippen molar-refractivity contribution in [3.8, 4) is 11.1 Å². The van der Waals surface area contributed by atoms with E-state index in [9.17, 15) is 13.0 Å². The average Bonchev–Trinajstić information content (AvgIpc) is 2.82. The zero-order valence-electron chi connectivity index (χ0n) is 18.3. The van der Waals surface area contributed by atoms with Gasteiger partial charge in [-0.25, -0.2) is 8.42 Å². The maximum absolute atomic E-state index is 12.5. The molecule has 0 unspecified atom stereocenters. The maximum Gasteiger partial charge on any atom is 1.00 e. The molecule has 158 valence electrons. The van der Waals surface area contributed by atoms with Gasteiger partial charge in [0.25, 0.3) is 0 Å². The van der Waals surface area contributed by atoms with Gasteiger partial charge in [0.2, 0.25) is 0 Å². The second-order valence-electron chi connectivity index (χ2n) is 7.25. The van der Waals surface area contributed by atoms with Crippen LogP contribution in [-0.2, 0) is 10.1 Å². The minimum Gasteiger partial charge on any atom is -0.744 e. The standard InChI is InChI=1S/C28H22O3S.Na/c29-32(30,31)28-26(20-17-23-12-6-2-7-13-23)25(18-16-22-10-4-1-5-11-22)19-21-27(28)24-14-8-3-9-15-24;/h1-21H,(H,29,30,31);/q;+1/p-1. The van der Waals surface area contributed by atoms with Crippen molar-refractivity contribution in [2.75, 3.05) is 0 Å². The molecule has 4 aromatic carbocycles. The van der Waals surface area contributed by atoms with Gasteiger partial charge in [-0.3, -0.25) is 0 Å². The summed E-state index contributed by atoms with van der Waals surface area (Å²) in [6, 6.07) is 31.9. The van der Waals surface area contributed by atoms with Crippen LogP contribution in [0.5, 0.6) is 0 Å². The van der Waals surface area contributed by atoms with Crippen LogP contribution in [0.1, 0.15) is 22.3 Å². The number of hydrogen-bond donors (Lipinski definition) is 0. The molecule has 0 bridgehead atoms. The monoisotopic (exact) mass is 460 g/mol. The third-order valence-corrected chi connectivity index (χ3v) is 6.00. The molecule has 0 aliphatic carbocycles. The fourth-order valence-electron chi connectivity index (χ4n) is 3.54. The molecule has 0 atom stereocenters. The van der Waals surface area contributed by atoms with Gasteiger partial charge >= 0.3 is 29.6 Å². The molecule has 0 amide bonds. The van der Waals surface area contributed by atoms with Crippen molar-refractivity contribution in [1.29, 1.82) is 0 Å². The molecule has 0 aromatic heterocycles. The van der Waals surface area contributed by atoms with Crippen molar-refractivity contribution in [1.82, 2.24) is 0 Å². The Balaban J connectivity index is 0.00000306. The number of hydrogen-bond acceptors (Lipinski definition) is 3. The van der Waals surface area contributed by atoms with Gasteiger partial charge < -0.3 is 4.55 Å². The van der Waals surface area contributed by atoms with Crippen molar-refractivity contribution in [3.63, 3.8) is 0 Å². The van der Waals surface area contributed by atoms with E-state index in [0.717, 1.165) is 11.1 Å². The Morgan fingerprint density at radius 2 is 1.06 bits per heavy atom. The quantitative estimate of drug-likeness (QED) is 0.251. The first-order chi connectivity index (χ1) is 15.5. The first-order valence-corrected chi connectivity index (χ1v) is 11.6. The molecule has 0 saturated heterocycles. The van der Waals surface area contributed by atoms with Crippen molar-refractivity contribution in [3.05, 3.63) is 125 Å². The molecular formula is C28H21NaO3S. The molecule has 0 heterocycles. The summed E-state index contributed by atoms with van der Waals surface area (Å²) in [7, 11) is -4.76. The van der Waals surface area contributed by atoms with Crippen LogP contribution in [-0.4, -0.2) is 13.0 Å². The van der Waals surface area contributed by atoms with Gasteiger partial charge in [-0.1, -0.05) is 127 Å². The molecule has 0 fully saturated rings. The largest absolute Gasteiger partial charge is 1.00 e. The van der Waals surface area contributed by atoms with E-state index in [4.69, 9.17) is 0 Å². The summed E-state index contributed by atoms with van der Waals surface area (Å²) in [5.41, 5.74) is 3.97. The molecule has 0 aliphatic heterocycles. The van der Waals surface area contributed by atoms with Crippen LogP contribution in [0, 0.1) is 0 Å². The minimum absolute atomic E-state index is 0. The average molecular weight is 461 g/mol. The Kier molecular flexibility index (Phi) is 8.61. The summed E-state index contributed by atoms with van der Waals surface area (Å²) in [6.07, 6.45) is 7.26. The van der Waals surface area contributed by atoms with Crippen LogP contribution < -0.4 is 29.6 Å². The van der Waals surface area contributed by atoms with Crippen LogP contribution in [0.2, 0.25) is 0 Å².